The summed E-state index contributed by atoms with van der Waals surface area (Å²) in [5, 5.41) is 5.52. The lowest BCUT2D eigenvalue weighted by atomic mass is 10.1. The predicted octanol–water partition coefficient (Wildman–Crippen LogP) is 4.10. The number of likely N-dealkylation sites (tertiary alicyclic amines) is 1. The lowest BCUT2D eigenvalue weighted by Crippen LogP contribution is -2.42. The van der Waals surface area contributed by atoms with Crippen LogP contribution in [0.5, 0.6) is 0 Å². The van der Waals surface area contributed by atoms with E-state index in [-0.39, 0.29) is 41.8 Å². The predicted molar refractivity (Wildman–Crippen MR) is 123 cm³/mol. The van der Waals surface area contributed by atoms with Crippen LogP contribution in [0.1, 0.15) is 42.7 Å². The van der Waals surface area contributed by atoms with Gasteiger partial charge in [-0.1, -0.05) is 23.2 Å². The molecule has 0 bridgehead atoms. The highest BCUT2D eigenvalue weighted by atomic mass is 35.5. The number of carbonyl (C=O) groups is 3. The maximum atomic E-state index is 12.9. The third-order valence-corrected chi connectivity index (χ3v) is 6.50. The third kappa shape index (κ3) is 6.18. The number of rotatable bonds is 7. The molecule has 1 aliphatic heterocycles. The van der Waals surface area contributed by atoms with Crippen LogP contribution in [0.25, 0.3) is 0 Å². The zero-order chi connectivity index (χ0) is 22.5. The Kier molecular flexibility index (Phi) is 7.91. The molecule has 1 aromatic carbocycles. The van der Waals surface area contributed by atoms with Crippen LogP contribution in [0.3, 0.4) is 0 Å². The van der Waals surface area contributed by atoms with Crippen molar-refractivity contribution >= 4 is 57.4 Å². The first-order valence-corrected chi connectivity index (χ1v) is 11.7. The highest BCUT2D eigenvalue weighted by molar-refractivity contribution is 7.13. The standard InChI is InChI=1S/C21H24Cl2N4O3S/c1-13(2)27(20(30)14-5-6-16(22)17(23)9-14)11-18(28)25-21-24-15(12-31-21)10-19(29)26-7-3-4-8-26/h5-6,9,12-13H,3-4,7-8,10-11H2,1-2H3,(H,24,25,28). The van der Waals surface area contributed by atoms with Gasteiger partial charge in [-0.25, -0.2) is 4.98 Å². The van der Waals surface area contributed by atoms with Gasteiger partial charge in [-0.2, -0.15) is 0 Å². The third-order valence-electron chi connectivity index (χ3n) is 4.95. The lowest BCUT2D eigenvalue weighted by Gasteiger charge is -2.26. The number of nitrogens with zero attached hydrogens (tertiary/aromatic N) is 3. The van der Waals surface area contributed by atoms with Crippen LogP contribution in [-0.2, 0) is 16.0 Å². The van der Waals surface area contributed by atoms with Gasteiger partial charge in [0, 0.05) is 30.1 Å². The number of anilines is 1. The van der Waals surface area contributed by atoms with E-state index in [4.69, 9.17) is 23.2 Å². The van der Waals surface area contributed by atoms with E-state index in [9.17, 15) is 14.4 Å². The molecule has 0 radical (unpaired) electrons. The molecule has 3 rings (SSSR count). The molecule has 1 fully saturated rings. The van der Waals surface area contributed by atoms with Crippen molar-refractivity contribution < 1.29 is 14.4 Å². The maximum Gasteiger partial charge on any atom is 0.254 e. The molecule has 0 spiro atoms. The van der Waals surface area contributed by atoms with Crippen LogP contribution in [0, 0.1) is 0 Å². The highest BCUT2D eigenvalue weighted by Crippen LogP contribution is 2.24. The second-order valence-corrected chi connectivity index (χ2v) is 9.29. The molecule has 1 N–H and O–H groups in total. The summed E-state index contributed by atoms with van der Waals surface area (Å²) in [7, 11) is 0. The first kappa shape index (κ1) is 23.5. The zero-order valence-electron chi connectivity index (χ0n) is 17.4. The number of hydrogen-bond donors (Lipinski definition) is 1. The van der Waals surface area contributed by atoms with Crippen molar-refractivity contribution in [3.8, 4) is 0 Å². The highest BCUT2D eigenvalue weighted by Gasteiger charge is 2.23. The number of carbonyl (C=O) groups excluding carboxylic acids is 3. The van der Waals surface area contributed by atoms with Crippen molar-refractivity contribution in [3.63, 3.8) is 0 Å². The second-order valence-electron chi connectivity index (χ2n) is 7.61. The Bertz CT molecular complexity index is 973. The molecule has 1 aromatic heterocycles. The normalized spacial score (nSPS) is 13.5. The number of aromatic nitrogens is 1. The summed E-state index contributed by atoms with van der Waals surface area (Å²) < 4.78 is 0. The van der Waals surface area contributed by atoms with E-state index in [2.05, 4.69) is 10.3 Å². The molecule has 2 aromatic rings. The van der Waals surface area contributed by atoms with Gasteiger partial charge in [0.2, 0.25) is 11.8 Å². The molecule has 31 heavy (non-hydrogen) atoms. The second kappa shape index (κ2) is 10.4. The molecule has 0 atom stereocenters. The number of amides is 3. The van der Waals surface area contributed by atoms with Crippen LogP contribution in [0.4, 0.5) is 5.13 Å². The van der Waals surface area contributed by atoms with Gasteiger partial charge in [0.25, 0.3) is 5.91 Å². The molecule has 2 heterocycles. The SMILES string of the molecule is CC(C)N(CC(=O)Nc1nc(CC(=O)N2CCCC2)cs1)C(=O)c1ccc(Cl)c(Cl)c1. The Morgan fingerprint density at radius 3 is 2.55 bits per heavy atom. The molecule has 10 heteroatoms. The maximum absolute atomic E-state index is 12.9. The molecule has 166 valence electrons. The zero-order valence-corrected chi connectivity index (χ0v) is 19.7. The van der Waals surface area contributed by atoms with E-state index in [1.165, 1.54) is 22.3 Å². The number of thiazole rings is 1. The summed E-state index contributed by atoms with van der Waals surface area (Å²) >= 11 is 13.2. The summed E-state index contributed by atoms with van der Waals surface area (Å²) in [6.45, 7) is 5.11. The molecule has 0 saturated carbocycles. The Morgan fingerprint density at radius 1 is 1.19 bits per heavy atom. The quantitative estimate of drug-likeness (QED) is 0.643. The topological polar surface area (TPSA) is 82.6 Å². The van der Waals surface area contributed by atoms with Crippen LogP contribution in [0.15, 0.2) is 23.6 Å². The van der Waals surface area contributed by atoms with E-state index in [1.54, 1.807) is 17.5 Å². The van der Waals surface area contributed by atoms with Gasteiger partial charge in [-0.15, -0.1) is 11.3 Å². The van der Waals surface area contributed by atoms with E-state index in [0.29, 0.717) is 21.4 Å². The average Bonchev–Trinajstić information content (AvgIpc) is 3.40. The van der Waals surface area contributed by atoms with E-state index >= 15 is 0 Å². The van der Waals surface area contributed by atoms with Crippen molar-refractivity contribution in [2.45, 2.75) is 39.2 Å². The van der Waals surface area contributed by atoms with E-state index < -0.39 is 0 Å². The minimum atomic E-state index is -0.367. The van der Waals surface area contributed by atoms with Gasteiger partial charge in [-0.3, -0.25) is 14.4 Å². The van der Waals surface area contributed by atoms with Gasteiger partial charge < -0.3 is 15.1 Å². The molecule has 1 saturated heterocycles. The Balaban J connectivity index is 1.60. The Morgan fingerprint density at radius 2 is 1.90 bits per heavy atom. The first-order chi connectivity index (χ1) is 14.7. The molecular weight excluding hydrogens is 459 g/mol. The van der Waals surface area contributed by atoms with Gasteiger partial charge in [0.1, 0.15) is 6.54 Å². The van der Waals surface area contributed by atoms with Gasteiger partial charge >= 0.3 is 0 Å². The van der Waals surface area contributed by atoms with Gasteiger partial charge in [0.05, 0.1) is 22.2 Å². The fraction of sp³-hybridized carbons (Fsp3) is 0.429. The summed E-state index contributed by atoms with van der Waals surface area (Å²) in [5.41, 5.74) is 0.984. The number of benzene rings is 1. The minimum Gasteiger partial charge on any atom is -0.342 e. The number of hydrogen-bond acceptors (Lipinski definition) is 5. The summed E-state index contributed by atoms with van der Waals surface area (Å²) in [6, 6.07) is 4.41. The molecular formula is C21H24Cl2N4O3S. The van der Waals surface area contributed by atoms with Crippen molar-refractivity contribution in [2.75, 3.05) is 25.0 Å². The smallest absolute Gasteiger partial charge is 0.254 e. The number of halogens is 2. The molecule has 3 amide bonds. The summed E-state index contributed by atoms with van der Waals surface area (Å²) in [5.74, 6) is -0.632. The van der Waals surface area contributed by atoms with Crippen LogP contribution in [0.2, 0.25) is 10.0 Å². The van der Waals surface area contributed by atoms with E-state index in [1.807, 2.05) is 18.7 Å². The van der Waals surface area contributed by atoms with Crippen molar-refractivity contribution in [3.05, 3.63) is 44.9 Å². The van der Waals surface area contributed by atoms with Crippen LogP contribution >= 0.6 is 34.5 Å². The first-order valence-electron chi connectivity index (χ1n) is 10.0. The van der Waals surface area contributed by atoms with Crippen LogP contribution in [-0.4, -0.2) is 58.2 Å². The summed E-state index contributed by atoms with van der Waals surface area (Å²) in [6.07, 6.45) is 2.30. The lowest BCUT2D eigenvalue weighted by molar-refractivity contribution is -0.129. The average molecular weight is 483 g/mol. The Hall–Kier alpha value is -2.16. The fourth-order valence-electron chi connectivity index (χ4n) is 3.28. The molecule has 0 unspecified atom stereocenters. The fourth-order valence-corrected chi connectivity index (χ4v) is 4.30. The molecule has 0 aliphatic carbocycles. The summed E-state index contributed by atoms with van der Waals surface area (Å²) in [4.78, 5) is 45.3. The van der Waals surface area contributed by atoms with Crippen LogP contribution < -0.4 is 5.32 Å². The Labute approximate surface area is 195 Å². The van der Waals surface area contributed by atoms with Gasteiger partial charge in [0.15, 0.2) is 5.13 Å². The van der Waals surface area contributed by atoms with E-state index in [0.717, 1.165) is 25.9 Å². The van der Waals surface area contributed by atoms with Gasteiger partial charge in [-0.05, 0) is 44.9 Å². The molecule has 7 nitrogen and oxygen atoms in total. The number of nitrogens with one attached hydrogen (secondary N) is 1. The minimum absolute atomic E-state index is 0.0545. The molecule has 1 aliphatic rings. The van der Waals surface area contributed by atoms with Crippen molar-refractivity contribution in [1.82, 2.24) is 14.8 Å². The largest absolute Gasteiger partial charge is 0.342 e. The monoisotopic (exact) mass is 482 g/mol. The van der Waals surface area contributed by atoms with Crippen molar-refractivity contribution in [1.29, 1.82) is 0 Å². The van der Waals surface area contributed by atoms with Crippen molar-refractivity contribution in [2.24, 2.45) is 0 Å².